The molecule has 3 aromatic rings. The van der Waals surface area contributed by atoms with Crippen molar-refractivity contribution < 1.29 is 4.79 Å². The van der Waals surface area contributed by atoms with Crippen molar-refractivity contribution in [3.8, 4) is 10.6 Å². The molecule has 1 aromatic carbocycles. The van der Waals surface area contributed by atoms with Gasteiger partial charge in [0.05, 0.1) is 16.6 Å². The molecule has 0 saturated carbocycles. The molecular weight excluding hydrogens is 352 g/mol. The van der Waals surface area contributed by atoms with Crippen LogP contribution < -0.4 is 11.1 Å². The van der Waals surface area contributed by atoms with E-state index in [9.17, 15) is 4.79 Å². The maximum Gasteiger partial charge on any atom is 0.271 e. The first-order valence-electron chi connectivity index (χ1n) is 7.97. The third-order valence-electron chi connectivity index (χ3n) is 3.83. The summed E-state index contributed by atoms with van der Waals surface area (Å²) in [4.78, 5) is 22.3. The second-order valence-corrected chi connectivity index (χ2v) is 7.83. The highest BCUT2D eigenvalue weighted by molar-refractivity contribution is 7.15. The lowest BCUT2D eigenvalue weighted by Gasteiger charge is -2.11. The second kappa shape index (κ2) is 7.43. The van der Waals surface area contributed by atoms with Gasteiger partial charge < -0.3 is 11.1 Å². The molecule has 25 heavy (non-hydrogen) atoms. The Balaban J connectivity index is 1.77. The monoisotopic (exact) mass is 372 g/mol. The molecule has 2 heterocycles. The van der Waals surface area contributed by atoms with E-state index in [2.05, 4.69) is 46.5 Å². The Labute approximate surface area is 155 Å². The fourth-order valence-corrected chi connectivity index (χ4v) is 4.20. The van der Waals surface area contributed by atoms with Crippen molar-refractivity contribution in [1.29, 1.82) is 0 Å². The molecule has 5 nitrogen and oxygen atoms in total. The van der Waals surface area contributed by atoms with E-state index in [1.165, 1.54) is 16.9 Å². The highest BCUT2D eigenvalue weighted by atomic mass is 32.1. The van der Waals surface area contributed by atoms with E-state index in [1.807, 2.05) is 13.8 Å². The van der Waals surface area contributed by atoms with E-state index in [1.54, 1.807) is 16.7 Å². The van der Waals surface area contributed by atoms with Crippen LogP contribution in [-0.2, 0) is 6.54 Å². The molecule has 1 atom stereocenters. The lowest BCUT2D eigenvalue weighted by molar-refractivity contribution is 0.0936. The largest absolute Gasteiger partial charge is 0.343 e. The predicted octanol–water partition coefficient (Wildman–Crippen LogP) is 3.83. The summed E-state index contributed by atoms with van der Waals surface area (Å²) in [7, 11) is 0. The van der Waals surface area contributed by atoms with Gasteiger partial charge in [0.25, 0.3) is 5.91 Å². The number of nitrogens with zero attached hydrogens (tertiary/aromatic N) is 2. The summed E-state index contributed by atoms with van der Waals surface area (Å²) in [5, 5.41) is 6.46. The zero-order chi connectivity index (χ0) is 18.0. The number of nitrogens with two attached hydrogens (primary N) is 1. The normalized spacial score (nSPS) is 12.2. The van der Waals surface area contributed by atoms with Gasteiger partial charge in [-0.05, 0) is 20.8 Å². The number of thiazole rings is 2. The van der Waals surface area contributed by atoms with Crippen molar-refractivity contribution in [2.45, 2.75) is 33.4 Å². The van der Waals surface area contributed by atoms with Gasteiger partial charge in [-0.2, -0.15) is 0 Å². The zero-order valence-corrected chi connectivity index (χ0v) is 16.0. The summed E-state index contributed by atoms with van der Waals surface area (Å²) in [6.07, 6.45) is 0. The molecule has 0 radical (unpaired) electrons. The molecule has 0 bridgehead atoms. The van der Waals surface area contributed by atoms with Crippen LogP contribution in [0.15, 0.2) is 29.6 Å². The van der Waals surface area contributed by atoms with Crippen LogP contribution in [-0.4, -0.2) is 15.9 Å². The van der Waals surface area contributed by atoms with Gasteiger partial charge >= 0.3 is 0 Å². The SMILES string of the molecule is Cc1ccc(-c2nc(C)c(C(C)NC(=O)c3csc(CN)n3)s2)cc1. The second-order valence-electron chi connectivity index (χ2n) is 5.86. The molecule has 0 aliphatic carbocycles. The first-order chi connectivity index (χ1) is 12.0. The average Bonchev–Trinajstić information content (AvgIpc) is 3.22. The molecule has 1 amide bonds. The lowest BCUT2D eigenvalue weighted by atomic mass is 10.2. The zero-order valence-electron chi connectivity index (χ0n) is 14.4. The minimum Gasteiger partial charge on any atom is -0.343 e. The minimum absolute atomic E-state index is 0.132. The van der Waals surface area contributed by atoms with Gasteiger partial charge in [0, 0.05) is 17.5 Å². The Morgan fingerprint density at radius 2 is 1.96 bits per heavy atom. The van der Waals surface area contributed by atoms with Crippen LogP contribution >= 0.6 is 22.7 Å². The summed E-state index contributed by atoms with van der Waals surface area (Å²) in [6, 6.07) is 8.17. The molecule has 0 spiro atoms. The fourth-order valence-electron chi connectivity index (χ4n) is 2.47. The van der Waals surface area contributed by atoms with E-state index in [-0.39, 0.29) is 11.9 Å². The van der Waals surface area contributed by atoms with E-state index >= 15 is 0 Å². The number of hydrogen-bond acceptors (Lipinski definition) is 6. The quantitative estimate of drug-likeness (QED) is 0.713. The fraction of sp³-hybridized carbons (Fsp3) is 0.278. The van der Waals surface area contributed by atoms with E-state index in [4.69, 9.17) is 5.73 Å². The van der Waals surface area contributed by atoms with Crippen molar-refractivity contribution in [3.05, 3.63) is 56.5 Å². The van der Waals surface area contributed by atoms with Crippen molar-refractivity contribution in [2.75, 3.05) is 0 Å². The maximum atomic E-state index is 12.4. The van der Waals surface area contributed by atoms with Crippen LogP contribution in [0.3, 0.4) is 0 Å². The number of nitrogens with one attached hydrogen (secondary N) is 1. The summed E-state index contributed by atoms with van der Waals surface area (Å²) in [5.74, 6) is -0.187. The third kappa shape index (κ3) is 3.95. The molecule has 130 valence electrons. The van der Waals surface area contributed by atoms with Crippen molar-refractivity contribution in [3.63, 3.8) is 0 Å². The molecule has 0 aliphatic heterocycles. The third-order valence-corrected chi connectivity index (χ3v) is 6.09. The van der Waals surface area contributed by atoms with Crippen molar-refractivity contribution in [1.82, 2.24) is 15.3 Å². The Morgan fingerprint density at radius 1 is 1.24 bits per heavy atom. The molecule has 2 aromatic heterocycles. The number of aryl methyl sites for hydroxylation is 2. The number of carbonyl (C=O) groups is 1. The van der Waals surface area contributed by atoms with Crippen LogP contribution in [0, 0.1) is 13.8 Å². The summed E-state index contributed by atoms with van der Waals surface area (Å²) in [5.41, 5.74) is 9.22. The van der Waals surface area contributed by atoms with E-state index in [0.29, 0.717) is 12.2 Å². The number of benzene rings is 1. The first-order valence-corrected chi connectivity index (χ1v) is 9.67. The van der Waals surface area contributed by atoms with Gasteiger partial charge in [-0.25, -0.2) is 9.97 Å². The van der Waals surface area contributed by atoms with Crippen LogP contribution in [0.4, 0.5) is 0 Å². The van der Waals surface area contributed by atoms with Crippen LogP contribution in [0.2, 0.25) is 0 Å². The number of amides is 1. The topological polar surface area (TPSA) is 80.9 Å². The molecule has 1 unspecified atom stereocenters. The summed E-state index contributed by atoms with van der Waals surface area (Å²) in [6.45, 7) is 6.35. The molecule has 3 rings (SSSR count). The molecule has 0 fully saturated rings. The minimum atomic E-state index is -0.187. The van der Waals surface area contributed by atoms with Crippen molar-refractivity contribution >= 4 is 28.6 Å². The molecule has 0 saturated heterocycles. The van der Waals surface area contributed by atoms with Gasteiger partial charge in [-0.1, -0.05) is 29.8 Å². The average molecular weight is 373 g/mol. The van der Waals surface area contributed by atoms with Gasteiger partial charge in [0.1, 0.15) is 15.7 Å². The van der Waals surface area contributed by atoms with Crippen LogP contribution in [0.5, 0.6) is 0 Å². The smallest absolute Gasteiger partial charge is 0.271 e. The van der Waals surface area contributed by atoms with Crippen molar-refractivity contribution in [2.24, 2.45) is 5.73 Å². The number of hydrogen-bond donors (Lipinski definition) is 2. The van der Waals surface area contributed by atoms with Gasteiger partial charge in [-0.15, -0.1) is 22.7 Å². The summed E-state index contributed by atoms with van der Waals surface area (Å²) >= 11 is 3.01. The van der Waals surface area contributed by atoms with Crippen LogP contribution in [0.25, 0.3) is 10.6 Å². The predicted molar refractivity (Wildman–Crippen MR) is 103 cm³/mol. The molecule has 7 heteroatoms. The standard InChI is InChI=1S/C18H20N4OS2/c1-10-4-6-13(7-5-10)18-21-12(3)16(25-18)11(2)20-17(23)14-9-24-15(8-19)22-14/h4-7,9,11H,8,19H2,1-3H3,(H,20,23). The van der Waals surface area contributed by atoms with Gasteiger partial charge in [0.15, 0.2) is 0 Å². The highest BCUT2D eigenvalue weighted by Crippen LogP contribution is 2.32. The highest BCUT2D eigenvalue weighted by Gasteiger charge is 2.19. The van der Waals surface area contributed by atoms with Gasteiger partial charge in [-0.3, -0.25) is 4.79 Å². The molecule has 0 aliphatic rings. The Bertz CT molecular complexity index is 883. The Morgan fingerprint density at radius 3 is 2.60 bits per heavy atom. The van der Waals surface area contributed by atoms with Gasteiger partial charge in [0.2, 0.25) is 0 Å². The maximum absolute atomic E-state index is 12.4. The molecule has 3 N–H and O–H groups in total. The van der Waals surface area contributed by atoms with E-state index in [0.717, 1.165) is 26.1 Å². The number of aromatic nitrogens is 2. The van der Waals surface area contributed by atoms with Crippen LogP contribution in [0.1, 0.15) is 44.6 Å². The van der Waals surface area contributed by atoms with E-state index < -0.39 is 0 Å². The number of carbonyl (C=O) groups excluding carboxylic acids is 1. The number of rotatable bonds is 5. The Hall–Kier alpha value is -2.09. The lowest BCUT2D eigenvalue weighted by Crippen LogP contribution is -2.26. The first kappa shape index (κ1) is 17.7. The summed E-state index contributed by atoms with van der Waals surface area (Å²) < 4.78 is 0. The molecular formula is C18H20N4OS2. The Kier molecular flexibility index (Phi) is 5.27.